The summed E-state index contributed by atoms with van der Waals surface area (Å²) in [5.41, 5.74) is 6.56. The number of nitrogens with one attached hydrogen (secondary N) is 1. The summed E-state index contributed by atoms with van der Waals surface area (Å²) in [6.45, 7) is 2.73. The van der Waals surface area contributed by atoms with Crippen LogP contribution < -0.4 is 11.1 Å². The van der Waals surface area contributed by atoms with Gasteiger partial charge in [-0.25, -0.2) is 4.79 Å². The maximum Gasteiger partial charge on any atom is 0.325 e. The number of benzene rings is 1. The van der Waals surface area contributed by atoms with Gasteiger partial charge in [-0.3, -0.25) is 14.5 Å². The molecule has 4 amide bonds. The second kappa shape index (κ2) is 8.32. The molecule has 2 saturated heterocycles. The highest BCUT2D eigenvalue weighted by atomic mass is 35.5. The van der Waals surface area contributed by atoms with Crippen molar-refractivity contribution in [1.29, 1.82) is 0 Å². The summed E-state index contributed by atoms with van der Waals surface area (Å²) in [4.78, 5) is 41.2. The largest absolute Gasteiger partial charge is 0.339 e. The first kappa shape index (κ1) is 21.6. The summed E-state index contributed by atoms with van der Waals surface area (Å²) in [6.07, 6.45) is 3.54. The Kier molecular flexibility index (Phi) is 6.19. The molecule has 1 saturated carbocycles. The topological polar surface area (TPSA) is 95.7 Å². The van der Waals surface area contributed by atoms with Gasteiger partial charge in [0, 0.05) is 25.0 Å². The molecule has 29 heavy (non-hydrogen) atoms. The maximum absolute atomic E-state index is 13.1. The first-order chi connectivity index (χ1) is 13.4. The zero-order valence-corrected chi connectivity index (χ0v) is 17.5. The van der Waals surface area contributed by atoms with E-state index in [0.717, 1.165) is 29.7 Å². The van der Waals surface area contributed by atoms with Crippen LogP contribution >= 0.6 is 12.4 Å². The minimum absolute atomic E-state index is 0. The van der Waals surface area contributed by atoms with E-state index < -0.39 is 11.6 Å². The molecular weight excluding hydrogens is 392 g/mol. The highest BCUT2D eigenvalue weighted by molar-refractivity contribution is 6.09. The lowest BCUT2D eigenvalue weighted by Gasteiger charge is -2.36. The first-order valence-corrected chi connectivity index (χ1v) is 10.1. The van der Waals surface area contributed by atoms with Gasteiger partial charge in [0.1, 0.15) is 12.1 Å². The van der Waals surface area contributed by atoms with Crippen molar-refractivity contribution >= 4 is 30.3 Å². The van der Waals surface area contributed by atoms with Crippen LogP contribution in [0, 0.1) is 5.92 Å². The Morgan fingerprint density at radius 2 is 1.93 bits per heavy atom. The van der Waals surface area contributed by atoms with Crippen LogP contribution in [0.5, 0.6) is 0 Å². The predicted molar refractivity (Wildman–Crippen MR) is 112 cm³/mol. The fourth-order valence-electron chi connectivity index (χ4n) is 4.96. The molecule has 0 bridgehead atoms. The van der Waals surface area contributed by atoms with E-state index in [-0.39, 0.29) is 48.6 Å². The second-order valence-electron chi connectivity index (χ2n) is 8.42. The van der Waals surface area contributed by atoms with Crippen LogP contribution in [0.1, 0.15) is 44.1 Å². The van der Waals surface area contributed by atoms with E-state index in [2.05, 4.69) is 5.32 Å². The van der Waals surface area contributed by atoms with Crippen LogP contribution in [0.3, 0.4) is 0 Å². The van der Waals surface area contributed by atoms with Crippen molar-refractivity contribution in [3.63, 3.8) is 0 Å². The van der Waals surface area contributed by atoms with Crippen molar-refractivity contribution in [2.45, 2.75) is 50.1 Å². The molecule has 2 aliphatic heterocycles. The molecule has 0 aromatic heterocycles. The first-order valence-electron chi connectivity index (χ1n) is 10.1. The highest BCUT2D eigenvalue weighted by Crippen LogP contribution is 2.38. The van der Waals surface area contributed by atoms with Gasteiger partial charge in [-0.05, 0) is 24.3 Å². The number of hydrogen-bond acceptors (Lipinski definition) is 4. The van der Waals surface area contributed by atoms with E-state index in [1.165, 1.54) is 0 Å². The molecule has 1 aliphatic carbocycles. The normalized spacial score (nSPS) is 31.7. The maximum atomic E-state index is 13.1. The summed E-state index contributed by atoms with van der Waals surface area (Å²) in [6, 6.07) is 9.31. The van der Waals surface area contributed by atoms with Crippen LogP contribution in [0.2, 0.25) is 0 Å². The summed E-state index contributed by atoms with van der Waals surface area (Å²) in [5, 5.41) is 2.90. The minimum atomic E-state index is -0.830. The molecule has 3 fully saturated rings. The number of hydrogen-bond donors (Lipinski definition) is 2. The average Bonchev–Trinajstić information content (AvgIpc) is 3.19. The molecule has 2 heterocycles. The van der Waals surface area contributed by atoms with E-state index in [4.69, 9.17) is 5.73 Å². The van der Waals surface area contributed by atoms with Crippen LogP contribution in [0.15, 0.2) is 30.3 Å². The fraction of sp³-hybridized carbons (Fsp3) is 0.571. The molecule has 1 spiro atoms. The van der Waals surface area contributed by atoms with Gasteiger partial charge in [0.2, 0.25) is 5.91 Å². The van der Waals surface area contributed by atoms with Gasteiger partial charge in [0.05, 0.1) is 0 Å². The molecule has 0 radical (unpaired) electrons. The third kappa shape index (κ3) is 3.73. The number of carbonyl (C=O) groups excluding carboxylic acids is 3. The molecule has 158 valence electrons. The van der Waals surface area contributed by atoms with E-state index in [1.807, 2.05) is 37.3 Å². The monoisotopic (exact) mass is 420 g/mol. The van der Waals surface area contributed by atoms with Crippen molar-refractivity contribution < 1.29 is 14.4 Å². The molecule has 4 rings (SSSR count). The lowest BCUT2D eigenvalue weighted by atomic mass is 9.73. The van der Waals surface area contributed by atoms with Crippen molar-refractivity contribution in [2.75, 3.05) is 19.6 Å². The Bertz CT molecular complexity index is 789. The van der Waals surface area contributed by atoms with E-state index in [1.54, 1.807) is 4.90 Å². The molecule has 1 aromatic carbocycles. The third-order valence-corrected chi connectivity index (χ3v) is 6.74. The third-order valence-electron chi connectivity index (χ3n) is 6.74. The minimum Gasteiger partial charge on any atom is -0.339 e. The Balaban J connectivity index is 0.00000240. The number of nitrogens with zero attached hydrogens (tertiary/aromatic N) is 2. The SMILES string of the molecule is CC1CCCCC12NC(=O)N(CC(=O)N1C[C@@H](N)[C@H](c3ccccc3)C1)C2=O.Cl. The quantitative estimate of drug-likeness (QED) is 0.729. The molecular formula is C21H29ClN4O3. The molecule has 7 nitrogen and oxygen atoms in total. The number of imide groups is 1. The number of rotatable bonds is 3. The van der Waals surface area contributed by atoms with Crippen LogP contribution in [0.4, 0.5) is 4.79 Å². The Morgan fingerprint density at radius 3 is 2.62 bits per heavy atom. The number of likely N-dealkylation sites (tertiary alicyclic amines) is 1. The Hall–Kier alpha value is -2.12. The number of urea groups is 1. The zero-order valence-electron chi connectivity index (χ0n) is 16.7. The van der Waals surface area contributed by atoms with E-state index >= 15 is 0 Å². The number of nitrogens with two attached hydrogens (primary N) is 1. The van der Waals surface area contributed by atoms with Gasteiger partial charge >= 0.3 is 6.03 Å². The van der Waals surface area contributed by atoms with Crippen LogP contribution in [0.25, 0.3) is 0 Å². The summed E-state index contributed by atoms with van der Waals surface area (Å²) in [5.74, 6) is -0.322. The summed E-state index contributed by atoms with van der Waals surface area (Å²) in [7, 11) is 0. The smallest absolute Gasteiger partial charge is 0.325 e. The van der Waals surface area contributed by atoms with Gasteiger partial charge in [-0.2, -0.15) is 0 Å². The lowest BCUT2D eigenvalue weighted by Crippen LogP contribution is -2.54. The van der Waals surface area contributed by atoms with Crippen molar-refractivity contribution in [3.8, 4) is 0 Å². The molecule has 8 heteroatoms. The number of amides is 4. The Morgan fingerprint density at radius 1 is 1.21 bits per heavy atom. The molecule has 2 unspecified atom stereocenters. The van der Waals surface area contributed by atoms with Gasteiger partial charge in [-0.15, -0.1) is 12.4 Å². The Labute approximate surface area is 177 Å². The number of carbonyl (C=O) groups is 3. The average molecular weight is 421 g/mol. The van der Waals surface area contributed by atoms with Crippen molar-refractivity contribution in [2.24, 2.45) is 11.7 Å². The predicted octanol–water partition coefficient (Wildman–Crippen LogP) is 1.86. The van der Waals surface area contributed by atoms with Crippen molar-refractivity contribution in [3.05, 3.63) is 35.9 Å². The molecule has 1 aromatic rings. The summed E-state index contributed by atoms with van der Waals surface area (Å²) >= 11 is 0. The standard InChI is InChI=1S/C21H28N4O3.ClH/c1-14-7-5-6-10-21(14)19(27)25(20(28)23-21)13-18(26)24-11-16(17(22)12-24)15-8-3-2-4-9-15;/h2-4,8-9,14,16-17H,5-7,10-13,22H2,1H3,(H,23,28);1H/t14?,16-,17+,21?;/m0./s1. The van der Waals surface area contributed by atoms with Gasteiger partial charge in [0.25, 0.3) is 5.91 Å². The molecule has 3 N–H and O–H groups in total. The van der Waals surface area contributed by atoms with Crippen LogP contribution in [-0.2, 0) is 9.59 Å². The van der Waals surface area contributed by atoms with Crippen molar-refractivity contribution in [1.82, 2.24) is 15.1 Å². The summed E-state index contributed by atoms with van der Waals surface area (Å²) < 4.78 is 0. The lowest BCUT2D eigenvalue weighted by molar-refractivity contribution is -0.140. The van der Waals surface area contributed by atoms with Gasteiger partial charge in [-0.1, -0.05) is 50.1 Å². The van der Waals surface area contributed by atoms with Crippen LogP contribution in [-0.4, -0.2) is 58.9 Å². The fourth-order valence-corrected chi connectivity index (χ4v) is 4.96. The second-order valence-corrected chi connectivity index (χ2v) is 8.42. The van der Waals surface area contributed by atoms with E-state index in [9.17, 15) is 14.4 Å². The molecule has 4 atom stereocenters. The highest BCUT2D eigenvalue weighted by Gasteiger charge is 2.55. The number of halogens is 1. The zero-order chi connectivity index (χ0) is 19.9. The van der Waals surface area contributed by atoms with E-state index in [0.29, 0.717) is 19.5 Å². The molecule has 3 aliphatic rings. The van der Waals surface area contributed by atoms with Gasteiger partial charge < -0.3 is 16.0 Å². The van der Waals surface area contributed by atoms with Gasteiger partial charge in [0.15, 0.2) is 0 Å².